The topological polar surface area (TPSA) is 25.2 Å². The van der Waals surface area contributed by atoms with E-state index < -0.39 is 0 Å². The minimum Gasteiger partial charge on any atom is -0.453 e. The smallest absolute Gasteiger partial charge is 0.169 e. The van der Waals surface area contributed by atoms with Gasteiger partial charge in [0.15, 0.2) is 4.67 Å². The number of hydrogen-bond donors (Lipinski definition) is 1. The van der Waals surface area contributed by atoms with Crippen LogP contribution in [0.5, 0.6) is 0 Å². The molecule has 1 N–H and O–H groups in total. The highest BCUT2D eigenvalue weighted by atomic mass is 79.9. The first-order valence-corrected chi connectivity index (χ1v) is 6.04. The lowest BCUT2D eigenvalue weighted by molar-refractivity contribution is 0.168. The standard InChI is InChI=1S/C11H14BrNO/c1-7-8-5-9(12)14-10(8)11(6-13-7)3-2-4-11/h5,7,13H,2-4,6H2,1H3. The lowest BCUT2D eigenvalue weighted by Gasteiger charge is -2.45. The Balaban J connectivity index is 2.11. The molecule has 1 atom stereocenters. The maximum atomic E-state index is 5.81. The summed E-state index contributed by atoms with van der Waals surface area (Å²) in [5.74, 6) is 1.24. The van der Waals surface area contributed by atoms with Gasteiger partial charge in [-0.3, -0.25) is 0 Å². The highest BCUT2D eigenvalue weighted by Gasteiger charge is 2.46. The molecule has 0 aromatic carbocycles. The number of rotatable bonds is 0. The van der Waals surface area contributed by atoms with Gasteiger partial charge in [-0.15, -0.1) is 0 Å². The largest absolute Gasteiger partial charge is 0.453 e. The summed E-state index contributed by atoms with van der Waals surface area (Å²) >= 11 is 3.43. The fourth-order valence-electron chi connectivity index (χ4n) is 2.66. The van der Waals surface area contributed by atoms with Crippen molar-refractivity contribution >= 4 is 15.9 Å². The summed E-state index contributed by atoms with van der Waals surface area (Å²) in [7, 11) is 0. The van der Waals surface area contributed by atoms with Crippen LogP contribution in [0.2, 0.25) is 0 Å². The lowest BCUT2D eigenvalue weighted by Crippen LogP contribution is -2.48. The summed E-state index contributed by atoms with van der Waals surface area (Å²) in [4.78, 5) is 0. The third-order valence-electron chi connectivity index (χ3n) is 3.74. The van der Waals surface area contributed by atoms with Crippen molar-refractivity contribution in [3.05, 3.63) is 22.1 Å². The molecule has 0 radical (unpaired) electrons. The van der Waals surface area contributed by atoms with Gasteiger partial charge in [0.2, 0.25) is 0 Å². The van der Waals surface area contributed by atoms with Crippen LogP contribution in [0.25, 0.3) is 0 Å². The number of fused-ring (bicyclic) bond motifs is 2. The second kappa shape index (κ2) is 2.86. The predicted molar refractivity (Wildman–Crippen MR) is 58.4 cm³/mol. The van der Waals surface area contributed by atoms with E-state index >= 15 is 0 Å². The zero-order valence-electron chi connectivity index (χ0n) is 8.27. The van der Waals surface area contributed by atoms with Crippen LogP contribution in [-0.2, 0) is 5.41 Å². The van der Waals surface area contributed by atoms with Crippen LogP contribution in [0.4, 0.5) is 0 Å². The van der Waals surface area contributed by atoms with Gasteiger partial charge in [-0.2, -0.15) is 0 Å². The molecule has 0 bridgehead atoms. The normalized spacial score (nSPS) is 28.6. The van der Waals surface area contributed by atoms with Gasteiger partial charge in [0.1, 0.15) is 5.76 Å². The van der Waals surface area contributed by atoms with E-state index in [0.717, 1.165) is 11.2 Å². The van der Waals surface area contributed by atoms with Crippen molar-refractivity contribution < 1.29 is 4.42 Å². The van der Waals surface area contributed by atoms with E-state index in [4.69, 9.17) is 4.42 Å². The summed E-state index contributed by atoms with van der Waals surface area (Å²) in [6.45, 7) is 3.29. The lowest BCUT2D eigenvalue weighted by atomic mass is 9.64. The Bertz CT molecular complexity index is 367. The third-order valence-corrected chi connectivity index (χ3v) is 4.13. The van der Waals surface area contributed by atoms with Gasteiger partial charge < -0.3 is 9.73 Å². The van der Waals surface area contributed by atoms with Crippen molar-refractivity contribution in [1.29, 1.82) is 0 Å². The average Bonchev–Trinajstić information content (AvgIpc) is 2.45. The van der Waals surface area contributed by atoms with Gasteiger partial charge >= 0.3 is 0 Å². The molecule has 2 aliphatic rings. The third kappa shape index (κ3) is 1.06. The van der Waals surface area contributed by atoms with E-state index in [-0.39, 0.29) is 0 Å². The van der Waals surface area contributed by atoms with Gasteiger partial charge in [-0.1, -0.05) is 6.42 Å². The van der Waals surface area contributed by atoms with Crippen LogP contribution in [-0.4, -0.2) is 6.54 Å². The maximum absolute atomic E-state index is 5.81. The summed E-state index contributed by atoms with van der Waals surface area (Å²) in [6.07, 6.45) is 3.90. The summed E-state index contributed by atoms with van der Waals surface area (Å²) in [5, 5.41) is 3.56. The van der Waals surface area contributed by atoms with Crippen molar-refractivity contribution in [3.63, 3.8) is 0 Å². The molecule has 0 amide bonds. The Morgan fingerprint density at radius 1 is 1.57 bits per heavy atom. The zero-order valence-corrected chi connectivity index (χ0v) is 9.86. The van der Waals surface area contributed by atoms with Crippen LogP contribution < -0.4 is 5.32 Å². The second-order valence-electron chi connectivity index (χ2n) is 4.57. The Labute approximate surface area is 92.2 Å². The first kappa shape index (κ1) is 8.98. The first-order chi connectivity index (χ1) is 6.71. The first-order valence-electron chi connectivity index (χ1n) is 5.24. The zero-order chi connectivity index (χ0) is 9.76. The van der Waals surface area contributed by atoms with E-state index in [0.29, 0.717) is 11.5 Å². The van der Waals surface area contributed by atoms with E-state index in [2.05, 4.69) is 34.2 Å². The molecule has 1 fully saturated rings. The van der Waals surface area contributed by atoms with E-state index in [1.807, 2.05) is 0 Å². The van der Waals surface area contributed by atoms with Crippen LogP contribution in [0.15, 0.2) is 15.2 Å². The molecule has 2 heterocycles. The number of halogens is 1. The average molecular weight is 256 g/mol. The molecule has 0 saturated heterocycles. The van der Waals surface area contributed by atoms with E-state index in [9.17, 15) is 0 Å². The van der Waals surface area contributed by atoms with Crippen molar-refractivity contribution in [2.24, 2.45) is 0 Å². The fourth-order valence-corrected chi connectivity index (χ4v) is 3.06. The molecular formula is C11H14BrNO. The Morgan fingerprint density at radius 2 is 2.36 bits per heavy atom. The highest BCUT2D eigenvalue weighted by Crippen LogP contribution is 2.49. The summed E-state index contributed by atoms with van der Waals surface area (Å²) in [6, 6.07) is 2.55. The molecule has 1 aromatic rings. The molecular weight excluding hydrogens is 242 g/mol. The van der Waals surface area contributed by atoms with E-state index in [1.54, 1.807) is 0 Å². The van der Waals surface area contributed by atoms with E-state index in [1.165, 1.54) is 30.6 Å². The van der Waals surface area contributed by atoms with Crippen molar-refractivity contribution in [3.8, 4) is 0 Å². The molecule has 14 heavy (non-hydrogen) atoms. The Hall–Kier alpha value is -0.280. The molecule has 76 valence electrons. The molecule has 1 aliphatic heterocycles. The van der Waals surface area contributed by atoms with Gasteiger partial charge in [0.25, 0.3) is 0 Å². The number of furan rings is 1. The summed E-state index contributed by atoms with van der Waals surface area (Å²) in [5.41, 5.74) is 1.68. The molecule has 2 nitrogen and oxygen atoms in total. The quantitative estimate of drug-likeness (QED) is 0.771. The molecule has 1 spiro atoms. The summed E-state index contributed by atoms with van der Waals surface area (Å²) < 4.78 is 6.69. The van der Waals surface area contributed by atoms with Crippen molar-refractivity contribution in [2.75, 3.05) is 6.54 Å². The molecule has 1 unspecified atom stereocenters. The van der Waals surface area contributed by atoms with Crippen molar-refractivity contribution in [2.45, 2.75) is 37.6 Å². The molecule has 1 aliphatic carbocycles. The molecule has 1 saturated carbocycles. The molecule has 1 aromatic heterocycles. The van der Waals surface area contributed by atoms with Crippen LogP contribution in [0.3, 0.4) is 0 Å². The highest BCUT2D eigenvalue weighted by molar-refractivity contribution is 9.10. The Morgan fingerprint density at radius 3 is 3.00 bits per heavy atom. The van der Waals surface area contributed by atoms with Crippen molar-refractivity contribution in [1.82, 2.24) is 5.32 Å². The number of hydrogen-bond acceptors (Lipinski definition) is 2. The van der Waals surface area contributed by atoms with Crippen LogP contribution in [0, 0.1) is 0 Å². The SMILES string of the molecule is CC1NCC2(CCC2)c2oc(Br)cc21. The molecule has 3 rings (SSSR count). The monoisotopic (exact) mass is 255 g/mol. The predicted octanol–water partition coefficient (Wildman–Crippen LogP) is 3.13. The van der Waals surface area contributed by atoms with Gasteiger partial charge in [-0.05, 0) is 41.8 Å². The number of nitrogens with one attached hydrogen (secondary N) is 1. The van der Waals surface area contributed by atoms with Crippen LogP contribution in [0.1, 0.15) is 43.6 Å². The second-order valence-corrected chi connectivity index (χ2v) is 5.35. The Kier molecular flexibility index (Phi) is 1.83. The fraction of sp³-hybridized carbons (Fsp3) is 0.636. The van der Waals surface area contributed by atoms with Crippen LogP contribution >= 0.6 is 15.9 Å². The van der Waals surface area contributed by atoms with Gasteiger partial charge in [0.05, 0.1) is 0 Å². The minimum absolute atomic E-state index is 0.327. The van der Waals surface area contributed by atoms with Gasteiger partial charge in [0, 0.05) is 23.6 Å². The maximum Gasteiger partial charge on any atom is 0.169 e. The minimum atomic E-state index is 0.327. The molecule has 3 heteroatoms. The van der Waals surface area contributed by atoms with Gasteiger partial charge in [-0.25, -0.2) is 0 Å².